The topological polar surface area (TPSA) is 17.8 Å². The number of aromatic nitrogens is 2. The van der Waals surface area contributed by atoms with Crippen molar-refractivity contribution in [2.75, 3.05) is 0 Å². The van der Waals surface area contributed by atoms with Gasteiger partial charge in [0.15, 0.2) is 0 Å². The first-order chi connectivity index (χ1) is 12.9. The van der Waals surface area contributed by atoms with E-state index in [1.807, 2.05) is 0 Å². The Morgan fingerprint density at radius 1 is 0.808 bits per heavy atom. The Balaban J connectivity index is 1.55. The van der Waals surface area contributed by atoms with Crippen molar-refractivity contribution in [2.24, 2.45) is 0 Å². The van der Waals surface area contributed by atoms with Crippen LogP contribution in [0.25, 0.3) is 21.1 Å². The molecule has 0 fully saturated rings. The Labute approximate surface area is 156 Å². The van der Waals surface area contributed by atoms with Gasteiger partial charge in [0.05, 0.1) is 15.2 Å². The molecule has 0 saturated carbocycles. The molecule has 0 radical (unpaired) electrons. The molecular weight excluding hydrogens is 336 g/mol. The van der Waals surface area contributed by atoms with Crippen LogP contribution < -0.4 is 0 Å². The van der Waals surface area contributed by atoms with Crippen LogP contribution in [0.5, 0.6) is 0 Å². The molecule has 0 spiro atoms. The highest BCUT2D eigenvalue weighted by Gasteiger charge is 2.11. The molecule has 0 atom stereocenters. The van der Waals surface area contributed by atoms with E-state index in [2.05, 4.69) is 89.6 Å². The maximum atomic E-state index is 4.82. The van der Waals surface area contributed by atoms with Gasteiger partial charge >= 0.3 is 0 Å². The summed E-state index contributed by atoms with van der Waals surface area (Å²) in [5.41, 5.74) is 5.04. The fourth-order valence-electron chi connectivity index (χ4n) is 3.53. The van der Waals surface area contributed by atoms with Crippen LogP contribution in [0.4, 0.5) is 0 Å². The normalized spacial score (nSPS) is 11.4. The van der Waals surface area contributed by atoms with Crippen LogP contribution in [-0.4, -0.2) is 9.55 Å². The van der Waals surface area contributed by atoms with Gasteiger partial charge in [-0.3, -0.25) is 0 Å². The molecule has 5 aromatic rings. The molecule has 26 heavy (non-hydrogen) atoms. The standard InChI is InChI=1S/C23H18N2S/c1-2-8-17(9-3-1)15-25-16-18(19-10-4-6-12-21(19)25)14-23-24-20-11-5-7-13-22(20)26-23/h1-13,16H,14-15H2. The molecule has 0 aliphatic heterocycles. The summed E-state index contributed by atoms with van der Waals surface area (Å²) in [5.74, 6) is 0. The molecule has 0 saturated heterocycles. The lowest BCUT2D eigenvalue weighted by Gasteiger charge is -2.05. The summed E-state index contributed by atoms with van der Waals surface area (Å²) in [6.07, 6.45) is 3.17. The van der Waals surface area contributed by atoms with Crippen molar-refractivity contribution >= 4 is 32.5 Å². The van der Waals surface area contributed by atoms with Crippen molar-refractivity contribution in [1.82, 2.24) is 9.55 Å². The van der Waals surface area contributed by atoms with Gasteiger partial charge in [-0.2, -0.15) is 0 Å². The Morgan fingerprint density at radius 3 is 2.46 bits per heavy atom. The second kappa shape index (κ2) is 6.43. The minimum atomic E-state index is 0.877. The molecule has 0 N–H and O–H groups in total. The van der Waals surface area contributed by atoms with Gasteiger partial charge in [0, 0.05) is 30.1 Å². The Kier molecular flexibility index (Phi) is 3.80. The van der Waals surface area contributed by atoms with E-state index in [9.17, 15) is 0 Å². The number of hydrogen-bond donors (Lipinski definition) is 0. The number of benzene rings is 3. The smallest absolute Gasteiger partial charge is 0.0983 e. The van der Waals surface area contributed by atoms with Crippen LogP contribution in [0.2, 0.25) is 0 Å². The van der Waals surface area contributed by atoms with Crippen LogP contribution in [0.3, 0.4) is 0 Å². The molecule has 3 heteroatoms. The van der Waals surface area contributed by atoms with Crippen LogP contribution in [0.1, 0.15) is 16.1 Å². The van der Waals surface area contributed by atoms with E-state index in [-0.39, 0.29) is 0 Å². The molecule has 5 rings (SSSR count). The summed E-state index contributed by atoms with van der Waals surface area (Å²) >= 11 is 1.79. The third-order valence-electron chi connectivity index (χ3n) is 4.75. The van der Waals surface area contributed by atoms with Gasteiger partial charge < -0.3 is 4.57 Å². The highest BCUT2D eigenvalue weighted by atomic mass is 32.1. The number of thiazole rings is 1. The van der Waals surface area contributed by atoms with Crippen molar-refractivity contribution < 1.29 is 0 Å². The van der Waals surface area contributed by atoms with Gasteiger partial charge in [-0.25, -0.2) is 4.98 Å². The predicted octanol–water partition coefficient (Wildman–Crippen LogP) is 5.89. The molecule has 2 aromatic heterocycles. The Bertz CT molecular complexity index is 1150. The average molecular weight is 354 g/mol. The lowest BCUT2D eigenvalue weighted by atomic mass is 10.1. The van der Waals surface area contributed by atoms with Crippen LogP contribution in [-0.2, 0) is 13.0 Å². The van der Waals surface area contributed by atoms with Crippen molar-refractivity contribution in [3.8, 4) is 0 Å². The lowest BCUT2D eigenvalue weighted by molar-refractivity contribution is 0.832. The molecule has 0 aliphatic carbocycles. The monoisotopic (exact) mass is 354 g/mol. The third-order valence-corrected chi connectivity index (χ3v) is 5.78. The van der Waals surface area contributed by atoms with Crippen LogP contribution in [0, 0.1) is 0 Å². The second-order valence-corrected chi connectivity index (χ2v) is 7.65. The van der Waals surface area contributed by atoms with Crippen molar-refractivity contribution in [3.05, 3.63) is 101 Å². The van der Waals surface area contributed by atoms with E-state index in [0.717, 1.165) is 18.5 Å². The summed E-state index contributed by atoms with van der Waals surface area (Å²) in [4.78, 5) is 4.82. The van der Waals surface area contributed by atoms with Gasteiger partial charge in [0.2, 0.25) is 0 Å². The van der Waals surface area contributed by atoms with Crippen molar-refractivity contribution in [1.29, 1.82) is 0 Å². The van der Waals surface area contributed by atoms with E-state index in [1.165, 1.54) is 31.7 Å². The quantitative estimate of drug-likeness (QED) is 0.393. The molecule has 2 nitrogen and oxygen atoms in total. The van der Waals surface area contributed by atoms with E-state index in [4.69, 9.17) is 4.98 Å². The van der Waals surface area contributed by atoms with Gasteiger partial charge in [0.25, 0.3) is 0 Å². The maximum Gasteiger partial charge on any atom is 0.0983 e. The lowest BCUT2D eigenvalue weighted by Crippen LogP contribution is -1.97. The summed E-state index contributed by atoms with van der Waals surface area (Å²) in [6, 6.07) is 27.7. The number of para-hydroxylation sites is 2. The number of nitrogens with zero attached hydrogens (tertiary/aromatic N) is 2. The minimum absolute atomic E-state index is 0.877. The van der Waals surface area contributed by atoms with E-state index in [1.54, 1.807) is 11.3 Å². The second-order valence-electron chi connectivity index (χ2n) is 6.54. The Morgan fingerprint density at radius 2 is 1.58 bits per heavy atom. The molecule has 0 amide bonds. The van der Waals surface area contributed by atoms with E-state index < -0.39 is 0 Å². The molecule has 0 aliphatic rings. The molecule has 2 heterocycles. The fourth-order valence-corrected chi connectivity index (χ4v) is 4.52. The largest absolute Gasteiger partial charge is 0.343 e. The number of fused-ring (bicyclic) bond motifs is 2. The highest BCUT2D eigenvalue weighted by molar-refractivity contribution is 7.18. The third kappa shape index (κ3) is 2.80. The van der Waals surface area contributed by atoms with Crippen molar-refractivity contribution in [3.63, 3.8) is 0 Å². The zero-order valence-corrected chi connectivity index (χ0v) is 15.1. The van der Waals surface area contributed by atoms with E-state index >= 15 is 0 Å². The summed E-state index contributed by atoms with van der Waals surface area (Å²) in [7, 11) is 0. The summed E-state index contributed by atoms with van der Waals surface area (Å²) < 4.78 is 3.61. The predicted molar refractivity (Wildman–Crippen MR) is 110 cm³/mol. The molecule has 0 bridgehead atoms. The summed E-state index contributed by atoms with van der Waals surface area (Å²) in [6.45, 7) is 0.890. The SMILES string of the molecule is c1ccc(Cn2cc(Cc3nc4ccccc4s3)c3ccccc32)cc1. The molecule has 3 aromatic carbocycles. The molecule has 126 valence electrons. The van der Waals surface area contributed by atoms with E-state index in [0.29, 0.717) is 0 Å². The van der Waals surface area contributed by atoms with Crippen LogP contribution >= 0.6 is 11.3 Å². The zero-order valence-electron chi connectivity index (χ0n) is 14.3. The van der Waals surface area contributed by atoms with Crippen LogP contribution in [0.15, 0.2) is 85.1 Å². The van der Waals surface area contributed by atoms with Crippen molar-refractivity contribution in [2.45, 2.75) is 13.0 Å². The van der Waals surface area contributed by atoms with Gasteiger partial charge in [-0.1, -0.05) is 60.7 Å². The Hall–Kier alpha value is -2.91. The first-order valence-electron chi connectivity index (χ1n) is 8.82. The number of hydrogen-bond acceptors (Lipinski definition) is 2. The fraction of sp³-hybridized carbons (Fsp3) is 0.0870. The maximum absolute atomic E-state index is 4.82. The summed E-state index contributed by atoms with van der Waals surface area (Å²) in [5, 5.41) is 2.50. The average Bonchev–Trinajstić information content (AvgIpc) is 3.24. The van der Waals surface area contributed by atoms with Gasteiger partial charge in [0.1, 0.15) is 0 Å². The molecular formula is C23H18N2S. The first kappa shape index (κ1) is 15.4. The zero-order chi connectivity index (χ0) is 17.3. The highest BCUT2D eigenvalue weighted by Crippen LogP contribution is 2.28. The first-order valence-corrected chi connectivity index (χ1v) is 9.63. The van der Waals surface area contributed by atoms with Gasteiger partial charge in [-0.15, -0.1) is 11.3 Å². The number of rotatable bonds is 4. The van der Waals surface area contributed by atoms with Gasteiger partial charge in [-0.05, 0) is 29.3 Å². The molecule has 0 unspecified atom stereocenters. The minimum Gasteiger partial charge on any atom is -0.343 e.